The van der Waals surface area contributed by atoms with Crippen LogP contribution in [0, 0.1) is 0 Å². The van der Waals surface area contributed by atoms with Gasteiger partial charge in [-0.15, -0.1) is 0 Å². The van der Waals surface area contributed by atoms with E-state index >= 15 is 0 Å². The highest BCUT2D eigenvalue weighted by Gasteiger charge is 2.52. The standard InChI is InChI=1S/C21H34BN3O4/c1-19(2,3)27-18(26)25-12-10-24(11-13-25)15-8-9-16(17(23)14-15)22-28-20(4,5)21(6,7)29-22/h8-9,14H,10-13,23H2,1-7H3/i10D2,11D2,12D2,13D2. The van der Waals surface area contributed by atoms with Crippen LogP contribution in [0.4, 0.5) is 16.2 Å². The molecule has 1 aromatic rings. The Hall–Kier alpha value is -1.93. The molecule has 2 fully saturated rings. The van der Waals surface area contributed by atoms with Gasteiger partial charge in [-0.1, -0.05) is 6.07 Å². The Morgan fingerprint density at radius 3 is 2.17 bits per heavy atom. The molecule has 0 unspecified atom stereocenters. The largest absolute Gasteiger partial charge is 0.496 e. The van der Waals surface area contributed by atoms with Crippen molar-refractivity contribution in [3.05, 3.63) is 18.2 Å². The number of carbonyl (C=O) groups excluding carboxylic acids is 1. The predicted molar refractivity (Wildman–Crippen MR) is 117 cm³/mol. The molecule has 2 heterocycles. The second-order valence-corrected chi connectivity index (χ2v) is 9.00. The highest BCUT2D eigenvalue weighted by Crippen LogP contribution is 2.37. The van der Waals surface area contributed by atoms with E-state index in [4.69, 9.17) is 30.7 Å². The zero-order valence-electron chi connectivity index (χ0n) is 25.9. The van der Waals surface area contributed by atoms with E-state index < -0.39 is 56.0 Å². The first kappa shape index (κ1) is 13.4. The first-order valence-corrected chi connectivity index (χ1v) is 9.40. The summed E-state index contributed by atoms with van der Waals surface area (Å²) >= 11 is 0. The van der Waals surface area contributed by atoms with Crippen LogP contribution < -0.4 is 16.1 Å². The van der Waals surface area contributed by atoms with Crippen LogP contribution >= 0.6 is 0 Å². The zero-order valence-corrected chi connectivity index (χ0v) is 17.9. The third-order valence-electron chi connectivity index (χ3n) is 4.96. The third-order valence-corrected chi connectivity index (χ3v) is 4.96. The minimum absolute atomic E-state index is 0.0401. The van der Waals surface area contributed by atoms with E-state index in [2.05, 4.69) is 0 Å². The topological polar surface area (TPSA) is 77.3 Å². The number of nitrogens with two attached hydrogens (primary N) is 1. The minimum atomic E-state index is -3.37. The Morgan fingerprint density at radius 1 is 1.14 bits per heavy atom. The number of amides is 1. The van der Waals surface area contributed by atoms with Gasteiger partial charge < -0.3 is 29.6 Å². The number of carbonyl (C=O) groups is 1. The molecule has 0 bridgehead atoms. The van der Waals surface area contributed by atoms with Gasteiger partial charge in [-0.2, -0.15) is 0 Å². The van der Waals surface area contributed by atoms with Crippen LogP contribution in [0.25, 0.3) is 0 Å². The van der Waals surface area contributed by atoms with E-state index in [0.29, 0.717) is 10.4 Å². The van der Waals surface area contributed by atoms with Crippen LogP contribution in [0.5, 0.6) is 0 Å². The fraction of sp³-hybridized carbons (Fsp3) is 0.667. The Labute approximate surface area is 185 Å². The molecule has 0 aliphatic carbocycles. The second kappa shape index (κ2) is 7.40. The highest BCUT2D eigenvalue weighted by molar-refractivity contribution is 6.63. The lowest BCUT2D eigenvalue weighted by Crippen LogP contribution is -2.50. The predicted octanol–water partition coefficient (Wildman–Crippen LogP) is 2.63. The van der Waals surface area contributed by atoms with Crippen molar-refractivity contribution in [2.75, 3.05) is 36.6 Å². The van der Waals surface area contributed by atoms with Crippen LogP contribution in [0.1, 0.15) is 59.4 Å². The Morgan fingerprint density at radius 2 is 1.69 bits per heavy atom. The Kier molecular flexibility index (Phi) is 3.42. The van der Waals surface area contributed by atoms with Crippen LogP contribution in [0.2, 0.25) is 0 Å². The number of benzene rings is 1. The fourth-order valence-electron chi connectivity index (χ4n) is 2.67. The number of piperazine rings is 1. The van der Waals surface area contributed by atoms with Gasteiger partial charge in [-0.25, -0.2) is 4.79 Å². The summed E-state index contributed by atoms with van der Waals surface area (Å²) in [7, 11) is -0.866. The zero-order chi connectivity index (χ0) is 28.8. The van der Waals surface area contributed by atoms with Gasteiger partial charge in [0.1, 0.15) is 5.60 Å². The molecule has 2 aliphatic rings. The molecule has 160 valence electrons. The molecule has 0 spiro atoms. The van der Waals surface area contributed by atoms with Gasteiger partial charge in [0.05, 0.1) is 22.2 Å². The summed E-state index contributed by atoms with van der Waals surface area (Å²) in [6, 6.07) is 3.91. The van der Waals surface area contributed by atoms with E-state index in [1.165, 1.54) is 39.0 Å². The monoisotopic (exact) mass is 411 g/mol. The van der Waals surface area contributed by atoms with E-state index in [1.807, 2.05) is 27.7 Å². The third kappa shape index (κ3) is 4.64. The number of nitrogens with zero attached hydrogens (tertiary/aromatic N) is 2. The van der Waals surface area contributed by atoms with Crippen molar-refractivity contribution in [1.82, 2.24) is 4.90 Å². The minimum Gasteiger partial charge on any atom is -0.444 e. The maximum absolute atomic E-state index is 12.8. The molecule has 1 amide bonds. The number of hydrogen-bond acceptors (Lipinski definition) is 6. The molecule has 0 radical (unpaired) electrons. The molecule has 2 N–H and O–H groups in total. The quantitative estimate of drug-likeness (QED) is 0.596. The highest BCUT2D eigenvalue weighted by atomic mass is 16.7. The van der Waals surface area contributed by atoms with Gasteiger partial charge in [-0.3, -0.25) is 0 Å². The maximum Gasteiger partial charge on any atom is 0.496 e. The van der Waals surface area contributed by atoms with Crippen molar-refractivity contribution in [3.8, 4) is 0 Å². The van der Waals surface area contributed by atoms with Crippen LogP contribution in [0.3, 0.4) is 0 Å². The van der Waals surface area contributed by atoms with E-state index in [0.717, 1.165) is 0 Å². The van der Waals surface area contributed by atoms with Gasteiger partial charge in [0.2, 0.25) is 0 Å². The summed E-state index contributed by atoms with van der Waals surface area (Å²) in [6.07, 6.45) is -1.54. The van der Waals surface area contributed by atoms with Crippen LogP contribution in [-0.2, 0) is 14.0 Å². The van der Waals surface area contributed by atoms with Crippen molar-refractivity contribution in [2.45, 2.75) is 65.3 Å². The van der Waals surface area contributed by atoms with Crippen LogP contribution in [-0.4, -0.2) is 60.9 Å². The van der Waals surface area contributed by atoms with Gasteiger partial charge in [0.15, 0.2) is 0 Å². The molecule has 1 aromatic carbocycles. The average molecular weight is 411 g/mol. The first-order valence-electron chi connectivity index (χ1n) is 13.4. The van der Waals surface area contributed by atoms with Crippen molar-refractivity contribution < 1.29 is 29.8 Å². The molecular formula is C21H34BN3O4. The molecule has 8 heteroatoms. The van der Waals surface area contributed by atoms with E-state index in [9.17, 15) is 4.79 Å². The summed E-state index contributed by atoms with van der Waals surface area (Å²) in [5.74, 6) is 0. The molecule has 2 aliphatic heterocycles. The van der Waals surface area contributed by atoms with Crippen molar-refractivity contribution >= 4 is 30.0 Å². The van der Waals surface area contributed by atoms with Gasteiger partial charge in [0.25, 0.3) is 0 Å². The van der Waals surface area contributed by atoms with Crippen LogP contribution in [0.15, 0.2) is 18.2 Å². The van der Waals surface area contributed by atoms with Crippen molar-refractivity contribution in [1.29, 1.82) is 0 Å². The summed E-state index contributed by atoms with van der Waals surface area (Å²) in [6.45, 7) is -1.44. The lowest BCUT2D eigenvalue weighted by atomic mass is 9.77. The number of nitrogen functional groups attached to an aromatic ring is 1. The van der Waals surface area contributed by atoms with Gasteiger partial charge in [-0.05, 0) is 60.6 Å². The average Bonchev–Trinajstić information content (AvgIpc) is 2.85. The molecule has 0 atom stereocenters. The van der Waals surface area contributed by atoms with E-state index in [1.54, 1.807) is 0 Å². The summed E-state index contributed by atoms with van der Waals surface area (Å²) < 4.78 is 85.2. The molecule has 7 nitrogen and oxygen atoms in total. The Bertz CT molecular complexity index is 1050. The van der Waals surface area contributed by atoms with Gasteiger partial charge in [0, 0.05) is 42.8 Å². The number of anilines is 2. The molecular weight excluding hydrogens is 369 g/mol. The Balaban J connectivity index is 2.09. The summed E-state index contributed by atoms with van der Waals surface area (Å²) in [5, 5.41) is 0. The molecule has 0 saturated carbocycles. The molecule has 3 rings (SSSR count). The van der Waals surface area contributed by atoms with Gasteiger partial charge >= 0.3 is 13.2 Å². The van der Waals surface area contributed by atoms with Crippen molar-refractivity contribution in [3.63, 3.8) is 0 Å². The number of ether oxygens (including phenoxy) is 1. The lowest BCUT2D eigenvalue weighted by Gasteiger charge is -2.37. The molecule has 2 saturated heterocycles. The smallest absolute Gasteiger partial charge is 0.444 e. The lowest BCUT2D eigenvalue weighted by molar-refractivity contribution is 0.00578. The number of rotatable bonds is 2. The maximum atomic E-state index is 12.8. The van der Waals surface area contributed by atoms with Crippen molar-refractivity contribution in [2.24, 2.45) is 0 Å². The van der Waals surface area contributed by atoms with E-state index in [-0.39, 0.29) is 16.3 Å². The SMILES string of the molecule is [2H]C1([2H])N(C(=O)OC(C)(C)C)C([2H])([2H])C([2H])([2H])N(c2ccc(B3OC(C)(C)C(C)(C)O3)c(N)c2)C1([2H])[2H]. The normalized spacial score (nSPS) is 32.4. The molecule has 29 heavy (non-hydrogen) atoms. The number of hydrogen-bond donors (Lipinski definition) is 1. The summed E-state index contributed by atoms with van der Waals surface area (Å²) in [4.78, 5) is 13.0. The second-order valence-electron chi connectivity index (χ2n) is 9.00. The molecule has 0 aromatic heterocycles. The first-order chi connectivity index (χ1) is 16.3. The summed E-state index contributed by atoms with van der Waals surface area (Å²) in [5.41, 5.74) is 3.92. The fourth-order valence-corrected chi connectivity index (χ4v) is 2.67.